The number of benzene rings is 6. The number of hydrogen-bond acceptors (Lipinski definition) is 0. The van der Waals surface area contributed by atoms with Crippen molar-refractivity contribution in [2.24, 2.45) is 0 Å². The minimum absolute atomic E-state index is 0.525. The van der Waals surface area contributed by atoms with E-state index in [9.17, 15) is 0 Å². The Bertz CT molecular complexity index is 1660. The lowest BCUT2D eigenvalue weighted by Gasteiger charge is -2.24. The van der Waals surface area contributed by atoms with Crippen molar-refractivity contribution in [1.29, 1.82) is 0 Å². The van der Waals surface area contributed by atoms with Crippen LogP contribution in [0.25, 0.3) is 54.6 Å². The van der Waals surface area contributed by atoms with Crippen LogP contribution in [0.3, 0.4) is 0 Å². The summed E-state index contributed by atoms with van der Waals surface area (Å²) in [5, 5.41) is 8.18. The zero-order valence-electron chi connectivity index (χ0n) is 28.2. The SMILES string of the molecule is CCC(C)c1cccc(C(C)CC)c1-c1cc2ccc3cc(-c4c(C(C)CC)cccc4C(C)CC)cc4ccc(c1)c2c34. The topological polar surface area (TPSA) is 0 Å². The molecule has 0 saturated carbocycles. The zero-order valence-corrected chi connectivity index (χ0v) is 28.2. The lowest BCUT2D eigenvalue weighted by Crippen LogP contribution is -2.03. The standard InChI is InChI=1S/C44H50/c1-9-27(5)37-15-13-16-38(28(6)10-2)43(37)35-23-31-19-21-33-25-36(26-34-22-20-32(24-35)41(31)42(33)34)44-39(29(7)11-3)17-14-18-40(44)30(8)12-4/h13-30H,9-12H2,1-8H3. The van der Waals surface area contributed by atoms with Crippen molar-refractivity contribution in [2.45, 2.75) is 105 Å². The van der Waals surface area contributed by atoms with Crippen molar-refractivity contribution < 1.29 is 0 Å². The molecule has 0 aromatic heterocycles. The number of hydrogen-bond donors (Lipinski definition) is 0. The molecule has 0 aliphatic carbocycles. The quantitative estimate of drug-likeness (QED) is 0.142. The summed E-state index contributed by atoms with van der Waals surface area (Å²) >= 11 is 0. The van der Waals surface area contributed by atoms with Crippen molar-refractivity contribution >= 4 is 32.3 Å². The lowest BCUT2D eigenvalue weighted by molar-refractivity contribution is 0.714. The van der Waals surface area contributed by atoms with E-state index >= 15 is 0 Å². The van der Waals surface area contributed by atoms with Crippen LogP contribution in [0.1, 0.15) is 127 Å². The second-order valence-corrected chi connectivity index (χ2v) is 13.6. The minimum atomic E-state index is 0.525. The molecule has 0 nitrogen and oxygen atoms in total. The van der Waals surface area contributed by atoms with Gasteiger partial charge in [0.2, 0.25) is 0 Å². The summed E-state index contributed by atoms with van der Waals surface area (Å²) in [4.78, 5) is 0. The van der Waals surface area contributed by atoms with Crippen LogP contribution in [0, 0.1) is 0 Å². The summed E-state index contributed by atoms with van der Waals surface area (Å²) in [6, 6.07) is 33.4. The monoisotopic (exact) mass is 578 g/mol. The molecule has 0 N–H and O–H groups in total. The van der Waals surface area contributed by atoms with Crippen molar-refractivity contribution in [3.8, 4) is 22.3 Å². The second kappa shape index (κ2) is 12.4. The van der Waals surface area contributed by atoms with Gasteiger partial charge in [0.15, 0.2) is 0 Å². The van der Waals surface area contributed by atoms with E-state index in [4.69, 9.17) is 0 Å². The molecule has 0 heterocycles. The Morgan fingerprint density at radius 2 is 0.636 bits per heavy atom. The molecule has 4 unspecified atom stereocenters. The molecule has 6 rings (SSSR count). The molecule has 226 valence electrons. The van der Waals surface area contributed by atoms with Crippen LogP contribution in [-0.4, -0.2) is 0 Å². The Labute approximate surface area is 265 Å². The van der Waals surface area contributed by atoms with Gasteiger partial charge in [0, 0.05) is 0 Å². The number of rotatable bonds is 10. The van der Waals surface area contributed by atoms with Gasteiger partial charge < -0.3 is 0 Å². The normalized spacial score (nSPS) is 14.8. The highest BCUT2D eigenvalue weighted by Gasteiger charge is 2.22. The fourth-order valence-corrected chi connectivity index (χ4v) is 7.49. The predicted octanol–water partition coefficient (Wildman–Crippen LogP) is 14.0. The third kappa shape index (κ3) is 5.11. The van der Waals surface area contributed by atoms with Crippen molar-refractivity contribution in [3.63, 3.8) is 0 Å². The Morgan fingerprint density at radius 1 is 0.386 bits per heavy atom. The molecule has 0 radical (unpaired) electrons. The maximum absolute atomic E-state index is 2.47. The predicted molar refractivity (Wildman–Crippen MR) is 196 cm³/mol. The van der Waals surface area contributed by atoms with E-state index in [2.05, 4.69) is 140 Å². The van der Waals surface area contributed by atoms with E-state index in [1.54, 1.807) is 0 Å². The summed E-state index contributed by atoms with van der Waals surface area (Å²) in [7, 11) is 0. The third-order valence-corrected chi connectivity index (χ3v) is 10.9. The summed E-state index contributed by atoms with van der Waals surface area (Å²) in [5.41, 5.74) is 11.6. The van der Waals surface area contributed by atoms with Crippen LogP contribution in [-0.2, 0) is 0 Å². The van der Waals surface area contributed by atoms with E-state index in [0.29, 0.717) is 23.7 Å². The molecule has 6 aromatic carbocycles. The first kappa shape index (κ1) is 30.4. The Hall–Kier alpha value is -3.64. The Morgan fingerprint density at radius 3 is 0.864 bits per heavy atom. The van der Waals surface area contributed by atoms with Gasteiger partial charge in [-0.2, -0.15) is 0 Å². The van der Waals surface area contributed by atoms with Gasteiger partial charge >= 0.3 is 0 Å². The van der Waals surface area contributed by atoms with Gasteiger partial charge in [-0.3, -0.25) is 0 Å². The highest BCUT2D eigenvalue weighted by molar-refractivity contribution is 6.24. The van der Waals surface area contributed by atoms with Crippen molar-refractivity contribution in [2.75, 3.05) is 0 Å². The molecular formula is C44H50. The third-order valence-electron chi connectivity index (χ3n) is 10.9. The zero-order chi connectivity index (χ0) is 31.1. The van der Waals surface area contributed by atoms with Crippen molar-refractivity contribution in [1.82, 2.24) is 0 Å². The molecule has 6 aromatic rings. The fourth-order valence-electron chi connectivity index (χ4n) is 7.49. The second-order valence-electron chi connectivity index (χ2n) is 13.6. The van der Waals surface area contributed by atoms with Crippen molar-refractivity contribution in [3.05, 3.63) is 107 Å². The molecular weight excluding hydrogens is 528 g/mol. The van der Waals surface area contributed by atoms with Gasteiger partial charge in [-0.25, -0.2) is 0 Å². The van der Waals surface area contributed by atoms with Crippen LogP contribution in [0.2, 0.25) is 0 Å². The van der Waals surface area contributed by atoms with Gasteiger partial charge in [-0.15, -0.1) is 0 Å². The van der Waals surface area contributed by atoms with Crippen LogP contribution >= 0.6 is 0 Å². The first-order chi connectivity index (χ1) is 21.3. The van der Waals surface area contributed by atoms with Crippen LogP contribution in [0.4, 0.5) is 0 Å². The molecule has 4 atom stereocenters. The largest absolute Gasteiger partial charge is 0.0648 e. The summed E-state index contributed by atoms with van der Waals surface area (Å²) in [6.07, 6.45) is 4.58. The highest BCUT2D eigenvalue weighted by Crippen LogP contribution is 2.45. The average Bonchev–Trinajstić information content (AvgIpc) is 3.07. The molecule has 0 amide bonds. The first-order valence-corrected chi connectivity index (χ1v) is 17.3. The summed E-state index contributed by atoms with van der Waals surface area (Å²) in [6.45, 7) is 18.8. The van der Waals surface area contributed by atoms with E-state index in [-0.39, 0.29) is 0 Å². The smallest absolute Gasteiger partial charge is 0.00264 e. The molecule has 0 aliphatic rings. The van der Waals surface area contributed by atoms with Crippen LogP contribution in [0.15, 0.2) is 84.9 Å². The maximum Gasteiger partial charge on any atom is -0.00264 e. The average molecular weight is 579 g/mol. The van der Waals surface area contributed by atoms with Gasteiger partial charge in [0.05, 0.1) is 0 Å². The van der Waals surface area contributed by atoms with E-state index in [1.807, 2.05) is 0 Å². The minimum Gasteiger partial charge on any atom is -0.0648 e. The molecule has 44 heavy (non-hydrogen) atoms. The summed E-state index contributed by atoms with van der Waals surface area (Å²) < 4.78 is 0. The van der Waals surface area contributed by atoms with E-state index in [0.717, 1.165) is 25.7 Å². The fraction of sp³-hybridized carbons (Fsp3) is 0.364. The molecule has 0 spiro atoms. The molecule has 0 saturated heterocycles. The summed E-state index contributed by atoms with van der Waals surface area (Å²) in [5.74, 6) is 2.10. The molecule has 0 bridgehead atoms. The van der Waals surface area contributed by atoms with Gasteiger partial charge in [-0.1, -0.05) is 116 Å². The van der Waals surface area contributed by atoms with E-state index < -0.39 is 0 Å². The van der Waals surface area contributed by atoms with Gasteiger partial charge in [0.1, 0.15) is 0 Å². The molecule has 0 aliphatic heterocycles. The van der Waals surface area contributed by atoms with Crippen LogP contribution in [0.5, 0.6) is 0 Å². The molecule has 0 heteroatoms. The Kier molecular flexibility index (Phi) is 8.56. The maximum atomic E-state index is 2.47. The van der Waals surface area contributed by atoms with Gasteiger partial charge in [-0.05, 0) is 150 Å². The Balaban J connectivity index is 1.59. The molecule has 0 fully saturated rings. The van der Waals surface area contributed by atoms with Gasteiger partial charge in [0.25, 0.3) is 0 Å². The lowest BCUT2D eigenvalue weighted by atomic mass is 9.80. The highest BCUT2D eigenvalue weighted by atomic mass is 14.3. The first-order valence-electron chi connectivity index (χ1n) is 17.3. The van der Waals surface area contributed by atoms with Crippen LogP contribution < -0.4 is 0 Å². The van der Waals surface area contributed by atoms with E-state index in [1.165, 1.54) is 76.8 Å².